The topological polar surface area (TPSA) is 83.5 Å². The van der Waals surface area contributed by atoms with Crippen LogP contribution < -0.4 is 4.72 Å². The van der Waals surface area contributed by atoms with Gasteiger partial charge in [0.1, 0.15) is 6.04 Å². The molecule has 0 fully saturated rings. The molecule has 0 aliphatic carbocycles. The molecule has 0 aliphatic rings. The maximum atomic E-state index is 12.4. The molecule has 6 heteroatoms. The Labute approximate surface area is 126 Å². The highest BCUT2D eigenvalue weighted by Crippen LogP contribution is 2.19. The van der Waals surface area contributed by atoms with Gasteiger partial charge < -0.3 is 5.11 Å². The lowest BCUT2D eigenvalue weighted by atomic mass is 10.0. The second-order valence-electron chi connectivity index (χ2n) is 5.55. The first-order valence-electron chi connectivity index (χ1n) is 7.04. The van der Waals surface area contributed by atoms with Gasteiger partial charge in [-0.25, -0.2) is 8.42 Å². The van der Waals surface area contributed by atoms with Gasteiger partial charge >= 0.3 is 5.97 Å². The third kappa shape index (κ3) is 4.54. The normalized spacial score (nSPS) is 14.9. The monoisotopic (exact) mass is 313 g/mol. The lowest BCUT2D eigenvalue weighted by Gasteiger charge is -2.20. The highest BCUT2D eigenvalue weighted by Gasteiger charge is 2.29. The summed E-state index contributed by atoms with van der Waals surface area (Å²) in [5.41, 5.74) is 0.897. The minimum absolute atomic E-state index is 0.100. The molecule has 118 valence electrons. The largest absolute Gasteiger partial charge is 0.480 e. The van der Waals surface area contributed by atoms with E-state index in [9.17, 15) is 18.3 Å². The third-order valence-corrected chi connectivity index (χ3v) is 5.03. The van der Waals surface area contributed by atoms with E-state index >= 15 is 0 Å². The van der Waals surface area contributed by atoms with Gasteiger partial charge in [0.05, 0.1) is 4.90 Å². The Bertz CT molecular complexity index is 595. The molecule has 0 radical (unpaired) electrons. The Morgan fingerprint density at radius 1 is 1.29 bits per heavy atom. The lowest BCUT2D eigenvalue weighted by Crippen LogP contribution is -2.44. The number of aliphatic carboxylic acids is 1. The lowest BCUT2D eigenvalue weighted by molar-refractivity contribution is -0.140. The van der Waals surface area contributed by atoms with Gasteiger partial charge in [-0.1, -0.05) is 46.2 Å². The van der Waals surface area contributed by atoms with Gasteiger partial charge in [-0.3, -0.25) is 4.79 Å². The number of carbonyl (C=O) groups is 1. The van der Waals surface area contributed by atoms with Gasteiger partial charge in [-0.2, -0.15) is 4.72 Å². The van der Waals surface area contributed by atoms with E-state index < -0.39 is 22.0 Å². The van der Waals surface area contributed by atoms with E-state index in [0.717, 1.165) is 5.56 Å². The third-order valence-electron chi connectivity index (χ3n) is 3.60. The number of rotatable bonds is 7. The van der Waals surface area contributed by atoms with Crippen LogP contribution in [-0.4, -0.2) is 25.5 Å². The van der Waals surface area contributed by atoms with Gasteiger partial charge in [0, 0.05) is 0 Å². The second kappa shape index (κ2) is 7.04. The van der Waals surface area contributed by atoms with Crippen LogP contribution in [0.5, 0.6) is 0 Å². The summed E-state index contributed by atoms with van der Waals surface area (Å²) in [6.45, 7) is 7.48. The van der Waals surface area contributed by atoms with Gasteiger partial charge in [0.25, 0.3) is 0 Å². The van der Waals surface area contributed by atoms with Crippen LogP contribution in [0.2, 0.25) is 0 Å². The molecule has 21 heavy (non-hydrogen) atoms. The Kier molecular flexibility index (Phi) is 5.92. The summed E-state index contributed by atoms with van der Waals surface area (Å²) in [6.07, 6.45) is 0.575. The van der Waals surface area contributed by atoms with Crippen molar-refractivity contribution >= 4 is 16.0 Å². The van der Waals surface area contributed by atoms with E-state index in [0.29, 0.717) is 6.42 Å². The molecule has 0 saturated carbocycles. The molecule has 0 unspecified atom stereocenters. The number of carboxylic acid groups (broad SMARTS) is 1. The second-order valence-corrected chi connectivity index (χ2v) is 7.26. The van der Waals surface area contributed by atoms with Crippen LogP contribution >= 0.6 is 0 Å². The van der Waals surface area contributed by atoms with Crippen molar-refractivity contribution in [2.75, 3.05) is 0 Å². The average Bonchev–Trinajstić information content (AvgIpc) is 2.43. The minimum atomic E-state index is -3.85. The van der Waals surface area contributed by atoms with Crippen molar-refractivity contribution in [2.24, 2.45) is 5.92 Å². The molecule has 0 bridgehead atoms. The Balaban J connectivity index is 3.10. The Morgan fingerprint density at radius 3 is 2.38 bits per heavy atom. The molecule has 1 aromatic carbocycles. The van der Waals surface area contributed by atoms with Crippen LogP contribution in [0.3, 0.4) is 0 Å². The molecule has 0 spiro atoms. The maximum absolute atomic E-state index is 12.4. The van der Waals surface area contributed by atoms with Crippen molar-refractivity contribution in [3.63, 3.8) is 0 Å². The standard InChI is InChI=1S/C15H23NO4S/c1-5-11(4)14(15(17)18)16-21(19,20)13-8-6-7-12(9-13)10(2)3/h6-11,14,16H,5H2,1-4H3,(H,17,18)/t11-,14-/m0/s1. The first kappa shape index (κ1) is 17.7. The van der Waals surface area contributed by atoms with Gasteiger partial charge in [0.2, 0.25) is 10.0 Å². The smallest absolute Gasteiger partial charge is 0.322 e. The van der Waals surface area contributed by atoms with Gasteiger partial charge in [-0.15, -0.1) is 0 Å². The first-order chi connectivity index (χ1) is 9.69. The number of hydrogen-bond donors (Lipinski definition) is 2. The Hall–Kier alpha value is -1.40. The van der Waals surface area contributed by atoms with E-state index in [1.807, 2.05) is 26.8 Å². The van der Waals surface area contributed by atoms with Crippen LogP contribution in [-0.2, 0) is 14.8 Å². The van der Waals surface area contributed by atoms with Gasteiger partial charge in [0.15, 0.2) is 0 Å². The van der Waals surface area contributed by atoms with Crippen LogP contribution in [0.25, 0.3) is 0 Å². The SMILES string of the molecule is CC[C@H](C)[C@H](NS(=O)(=O)c1cccc(C(C)C)c1)C(=O)O. The highest BCUT2D eigenvalue weighted by molar-refractivity contribution is 7.89. The number of carboxylic acids is 1. The molecule has 2 atom stereocenters. The fourth-order valence-corrected chi connectivity index (χ4v) is 3.27. The molecule has 0 heterocycles. The fourth-order valence-electron chi connectivity index (χ4n) is 1.92. The number of sulfonamides is 1. The predicted octanol–water partition coefficient (Wildman–Crippen LogP) is 2.59. The van der Waals surface area contributed by atoms with Crippen LogP contribution in [0.15, 0.2) is 29.2 Å². The van der Waals surface area contributed by atoms with E-state index in [1.54, 1.807) is 19.1 Å². The van der Waals surface area contributed by atoms with Crippen molar-refractivity contribution in [3.05, 3.63) is 29.8 Å². The number of nitrogens with one attached hydrogen (secondary N) is 1. The van der Waals surface area contributed by atoms with Crippen LogP contribution in [0, 0.1) is 5.92 Å². The predicted molar refractivity (Wildman–Crippen MR) is 81.7 cm³/mol. The van der Waals surface area contributed by atoms with Crippen molar-refractivity contribution < 1.29 is 18.3 Å². The molecule has 0 aliphatic heterocycles. The summed E-state index contributed by atoms with van der Waals surface area (Å²) < 4.78 is 27.0. The molecule has 0 aromatic heterocycles. The van der Waals surface area contributed by atoms with Crippen LogP contribution in [0.4, 0.5) is 0 Å². The molecule has 1 rings (SSSR count). The summed E-state index contributed by atoms with van der Waals surface area (Å²) in [4.78, 5) is 11.4. The molecule has 0 amide bonds. The highest BCUT2D eigenvalue weighted by atomic mass is 32.2. The molecule has 2 N–H and O–H groups in total. The minimum Gasteiger partial charge on any atom is -0.480 e. The van der Waals surface area contributed by atoms with E-state index in [-0.39, 0.29) is 16.7 Å². The zero-order chi connectivity index (χ0) is 16.2. The van der Waals surface area contributed by atoms with Crippen molar-refractivity contribution in [1.29, 1.82) is 0 Å². The van der Waals surface area contributed by atoms with Crippen molar-refractivity contribution in [2.45, 2.75) is 51.0 Å². The molecular weight excluding hydrogens is 290 g/mol. The number of benzene rings is 1. The number of hydrogen-bond acceptors (Lipinski definition) is 3. The van der Waals surface area contributed by atoms with Crippen molar-refractivity contribution in [1.82, 2.24) is 4.72 Å². The zero-order valence-corrected chi connectivity index (χ0v) is 13.6. The van der Waals surface area contributed by atoms with Crippen LogP contribution in [0.1, 0.15) is 45.6 Å². The zero-order valence-electron chi connectivity index (χ0n) is 12.8. The van der Waals surface area contributed by atoms with E-state index in [2.05, 4.69) is 4.72 Å². The summed E-state index contributed by atoms with van der Waals surface area (Å²) >= 11 is 0. The van der Waals surface area contributed by atoms with E-state index in [1.165, 1.54) is 6.07 Å². The van der Waals surface area contributed by atoms with Gasteiger partial charge in [-0.05, 0) is 29.5 Å². The van der Waals surface area contributed by atoms with E-state index in [4.69, 9.17) is 0 Å². The Morgan fingerprint density at radius 2 is 1.90 bits per heavy atom. The molecule has 5 nitrogen and oxygen atoms in total. The summed E-state index contributed by atoms with van der Waals surface area (Å²) in [7, 11) is -3.85. The summed E-state index contributed by atoms with van der Waals surface area (Å²) in [5.74, 6) is -1.25. The summed E-state index contributed by atoms with van der Waals surface area (Å²) in [5, 5.41) is 9.20. The van der Waals surface area contributed by atoms with Crippen molar-refractivity contribution in [3.8, 4) is 0 Å². The molecule has 0 saturated heterocycles. The summed E-state index contributed by atoms with van der Waals surface area (Å²) in [6, 6.07) is 5.46. The average molecular weight is 313 g/mol. The molecular formula is C15H23NO4S. The maximum Gasteiger partial charge on any atom is 0.322 e. The first-order valence-corrected chi connectivity index (χ1v) is 8.52. The molecule has 1 aromatic rings. The fraction of sp³-hybridized carbons (Fsp3) is 0.533. The quantitative estimate of drug-likeness (QED) is 0.810.